The van der Waals surface area contributed by atoms with E-state index in [-0.39, 0.29) is 35.7 Å². The number of rotatable bonds is 5. The van der Waals surface area contributed by atoms with Crippen LogP contribution in [0.2, 0.25) is 0 Å². The first-order chi connectivity index (χ1) is 20.5. The number of nitrogens with one attached hydrogen (secondary N) is 1. The van der Waals surface area contributed by atoms with E-state index in [0.29, 0.717) is 44.4 Å². The van der Waals surface area contributed by atoms with Crippen molar-refractivity contribution in [2.24, 2.45) is 0 Å². The van der Waals surface area contributed by atoms with E-state index >= 15 is 4.39 Å². The Labute approximate surface area is 242 Å². The van der Waals surface area contributed by atoms with Crippen molar-refractivity contribution in [3.63, 3.8) is 0 Å². The van der Waals surface area contributed by atoms with Crippen LogP contribution in [0.25, 0.3) is 5.65 Å². The second-order valence-electron chi connectivity index (χ2n) is 10.7. The third-order valence-corrected chi connectivity index (χ3v) is 7.95. The van der Waals surface area contributed by atoms with Crippen molar-refractivity contribution in [1.82, 2.24) is 19.5 Å². The Morgan fingerprint density at radius 1 is 0.977 bits per heavy atom. The Morgan fingerprint density at radius 2 is 1.74 bits per heavy atom. The van der Waals surface area contributed by atoms with Gasteiger partial charge in [0, 0.05) is 44.5 Å². The molecule has 1 N–H and O–H groups in total. The fourth-order valence-electron chi connectivity index (χ4n) is 5.70. The van der Waals surface area contributed by atoms with Gasteiger partial charge in [0.05, 0.1) is 29.1 Å². The van der Waals surface area contributed by atoms with E-state index in [4.69, 9.17) is 0 Å². The lowest BCUT2D eigenvalue weighted by Gasteiger charge is -2.35. The van der Waals surface area contributed by atoms with Crippen molar-refractivity contribution in [1.29, 1.82) is 0 Å². The molecule has 14 heteroatoms. The highest BCUT2D eigenvalue weighted by molar-refractivity contribution is 6.06. The van der Waals surface area contributed by atoms with E-state index in [1.54, 1.807) is 12.3 Å². The topological polar surface area (TPSA) is 69.0 Å². The smallest absolute Gasteiger partial charge is 0.368 e. The van der Waals surface area contributed by atoms with Gasteiger partial charge in [0.1, 0.15) is 29.0 Å². The lowest BCUT2D eigenvalue weighted by atomic mass is 10.0. The molecule has 226 valence electrons. The quantitative estimate of drug-likeness (QED) is 0.304. The van der Waals surface area contributed by atoms with Crippen LogP contribution in [-0.4, -0.2) is 65.2 Å². The second kappa shape index (κ2) is 11.1. The number of hydrogen-bond acceptors (Lipinski definition) is 6. The van der Waals surface area contributed by atoms with Gasteiger partial charge in [-0.25, -0.2) is 22.7 Å². The Bertz CT molecular complexity index is 1680. The summed E-state index contributed by atoms with van der Waals surface area (Å²) in [5.74, 6) is -2.91. The molecule has 0 saturated carbocycles. The summed E-state index contributed by atoms with van der Waals surface area (Å²) < 4.78 is 87.3. The van der Waals surface area contributed by atoms with E-state index < -0.39 is 46.7 Å². The Balaban J connectivity index is 1.30. The zero-order chi connectivity index (χ0) is 30.5. The maximum absolute atomic E-state index is 15.2. The van der Waals surface area contributed by atoms with Gasteiger partial charge >= 0.3 is 6.18 Å². The van der Waals surface area contributed by atoms with Gasteiger partial charge in [0.15, 0.2) is 5.65 Å². The largest absolute Gasteiger partial charge is 0.418 e. The van der Waals surface area contributed by atoms with Crippen LogP contribution in [0.3, 0.4) is 0 Å². The van der Waals surface area contributed by atoms with Crippen LogP contribution in [0.4, 0.5) is 43.5 Å². The molecule has 0 spiro atoms. The van der Waals surface area contributed by atoms with E-state index in [0.717, 1.165) is 24.3 Å². The molecule has 2 aromatic heterocycles. The molecule has 0 radical (unpaired) electrons. The molecule has 1 amide bonds. The summed E-state index contributed by atoms with van der Waals surface area (Å²) in [5, 5.41) is 6.57. The van der Waals surface area contributed by atoms with Gasteiger partial charge < -0.3 is 20.0 Å². The summed E-state index contributed by atoms with van der Waals surface area (Å²) in [4.78, 5) is 22.9. The predicted octanol–water partition coefficient (Wildman–Crippen LogP) is 5.51. The van der Waals surface area contributed by atoms with Crippen LogP contribution in [0.5, 0.6) is 0 Å². The number of aromatic nitrogens is 3. The van der Waals surface area contributed by atoms with E-state index in [1.165, 1.54) is 15.6 Å². The fraction of sp³-hybridized carbons (Fsp3) is 0.345. The highest BCUT2D eigenvalue weighted by Gasteiger charge is 2.37. The lowest BCUT2D eigenvalue weighted by molar-refractivity contribution is -0.137. The average molecular weight is 604 g/mol. The number of nitrogens with zero attached hydrogens (tertiary/aromatic N) is 6. The second-order valence-corrected chi connectivity index (χ2v) is 10.7. The summed E-state index contributed by atoms with van der Waals surface area (Å²) in [6.07, 6.45) is -0.769. The van der Waals surface area contributed by atoms with Gasteiger partial charge in [-0.2, -0.15) is 18.3 Å². The third-order valence-electron chi connectivity index (χ3n) is 7.95. The minimum atomic E-state index is -4.82. The third kappa shape index (κ3) is 5.58. The van der Waals surface area contributed by atoms with Gasteiger partial charge in [0.2, 0.25) is 0 Å². The molecule has 4 heterocycles. The number of halogens is 6. The number of anilines is 3. The zero-order valence-electron chi connectivity index (χ0n) is 23.0. The van der Waals surface area contributed by atoms with Crippen LogP contribution in [0.1, 0.15) is 40.4 Å². The zero-order valence-corrected chi connectivity index (χ0v) is 23.0. The first-order valence-corrected chi connectivity index (χ1v) is 13.7. The number of hydrogen-bond donors (Lipinski definition) is 1. The lowest BCUT2D eigenvalue weighted by Crippen LogP contribution is -2.45. The molecule has 0 aliphatic carbocycles. The maximum atomic E-state index is 15.2. The first-order valence-electron chi connectivity index (χ1n) is 13.7. The Kier molecular flexibility index (Phi) is 7.40. The highest BCUT2D eigenvalue weighted by Crippen LogP contribution is 2.39. The molecule has 2 fully saturated rings. The molecule has 43 heavy (non-hydrogen) atoms. The molecule has 0 bridgehead atoms. The molecular formula is C29H27F6N7O. The minimum Gasteiger partial charge on any atom is -0.368 e. The standard InChI is InChI=1S/C29H27F6N7O/c1-39-9-11-40(12-10-39)25-15-22(32)19(14-20(25)29(33,34)35)28(43)37-23-16-36-42-8-6-26(38-27(23)42)41-7-2-3-24(41)18-13-17(30)4-5-21(18)31/h4-6,8,13-16,24H,2-3,7,9-12H2,1H3,(H,37,43). The molecule has 2 aliphatic rings. The van der Waals surface area contributed by atoms with Crippen molar-refractivity contribution >= 4 is 28.7 Å². The Morgan fingerprint density at radius 3 is 2.49 bits per heavy atom. The number of carbonyl (C=O) groups excluding carboxylic acids is 1. The molecule has 4 aromatic rings. The van der Waals surface area contributed by atoms with Gasteiger partial charge in [0.25, 0.3) is 5.91 Å². The summed E-state index contributed by atoms with van der Waals surface area (Å²) in [7, 11) is 1.85. The number of benzene rings is 2. The number of fused-ring (bicyclic) bond motifs is 1. The van der Waals surface area contributed by atoms with E-state index in [9.17, 15) is 26.7 Å². The first kappa shape index (κ1) is 28.8. The molecule has 2 aromatic carbocycles. The monoisotopic (exact) mass is 603 g/mol. The summed E-state index contributed by atoms with van der Waals surface area (Å²) in [5.41, 5.74) is -1.82. The van der Waals surface area contributed by atoms with Crippen molar-refractivity contribution in [2.45, 2.75) is 25.1 Å². The van der Waals surface area contributed by atoms with Gasteiger partial charge in [-0.3, -0.25) is 4.79 Å². The van der Waals surface area contributed by atoms with Gasteiger partial charge in [-0.15, -0.1) is 0 Å². The minimum absolute atomic E-state index is 0.0376. The number of piperazine rings is 1. The van der Waals surface area contributed by atoms with Crippen LogP contribution in [-0.2, 0) is 6.18 Å². The van der Waals surface area contributed by atoms with Crippen LogP contribution in [0, 0.1) is 17.5 Å². The fourth-order valence-corrected chi connectivity index (χ4v) is 5.70. The molecule has 1 unspecified atom stereocenters. The van der Waals surface area contributed by atoms with Gasteiger partial charge in [-0.1, -0.05) is 0 Å². The van der Waals surface area contributed by atoms with E-state index in [2.05, 4.69) is 15.4 Å². The summed E-state index contributed by atoms with van der Waals surface area (Å²) in [6, 6.07) is 5.71. The predicted molar refractivity (Wildman–Crippen MR) is 148 cm³/mol. The van der Waals surface area contributed by atoms with Gasteiger partial charge in [-0.05, 0) is 56.3 Å². The molecule has 2 saturated heterocycles. The van der Waals surface area contributed by atoms with Crippen LogP contribution in [0.15, 0.2) is 48.8 Å². The van der Waals surface area contributed by atoms with Crippen molar-refractivity contribution in [3.8, 4) is 0 Å². The Hall–Kier alpha value is -4.33. The SMILES string of the molecule is CN1CCN(c2cc(F)c(C(=O)Nc3cnn4ccc(N5CCCC5c5cc(F)ccc5F)nc34)cc2C(F)(F)F)CC1. The number of alkyl halides is 3. The highest BCUT2D eigenvalue weighted by atomic mass is 19.4. The number of likely N-dealkylation sites (N-methyl/N-ethyl adjacent to an activating group) is 1. The van der Waals surface area contributed by atoms with Crippen LogP contribution < -0.4 is 15.1 Å². The summed E-state index contributed by atoms with van der Waals surface area (Å²) in [6.45, 7) is 2.10. The maximum Gasteiger partial charge on any atom is 0.418 e. The number of carbonyl (C=O) groups is 1. The van der Waals surface area contributed by atoms with Crippen molar-refractivity contribution in [3.05, 3.63) is 82.9 Å². The van der Waals surface area contributed by atoms with Crippen LogP contribution >= 0.6 is 0 Å². The molecule has 6 rings (SSSR count). The average Bonchev–Trinajstić information content (AvgIpc) is 3.61. The van der Waals surface area contributed by atoms with Crippen molar-refractivity contribution < 1.29 is 31.1 Å². The van der Waals surface area contributed by atoms with E-state index in [1.807, 2.05) is 16.8 Å². The molecule has 1 atom stereocenters. The molecule has 8 nitrogen and oxygen atoms in total. The number of amides is 1. The molecule has 2 aliphatic heterocycles. The summed E-state index contributed by atoms with van der Waals surface area (Å²) >= 11 is 0. The van der Waals surface area contributed by atoms with Crippen molar-refractivity contribution in [2.75, 3.05) is 54.9 Å². The molecular weight excluding hydrogens is 576 g/mol. The normalized spacial score (nSPS) is 18.1.